The van der Waals surface area contributed by atoms with Crippen LogP contribution in [0.25, 0.3) is 10.9 Å². The lowest BCUT2D eigenvalue weighted by molar-refractivity contribution is 0.0691. The van der Waals surface area contributed by atoms with E-state index in [0.717, 1.165) is 5.39 Å². The number of aromatic hydroxyl groups is 1. The van der Waals surface area contributed by atoms with Gasteiger partial charge in [0, 0.05) is 10.9 Å². The van der Waals surface area contributed by atoms with E-state index >= 15 is 0 Å². The van der Waals surface area contributed by atoms with Crippen LogP contribution in [0, 0.1) is 0 Å². The van der Waals surface area contributed by atoms with Crippen LogP contribution >= 0.6 is 0 Å². The van der Waals surface area contributed by atoms with Gasteiger partial charge >= 0.3 is 5.97 Å². The highest BCUT2D eigenvalue weighted by molar-refractivity contribution is 5.89. The third kappa shape index (κ3) is 4.28. The van der Waals surface area contributed by atoms with Crippen LogP contribution in [0.3, 0.4) is 0 Å². The molecule has 6 nitrogen and oxygen atoms in total. The van der Waals surface area contributed by atoms with Crippen molar-refractivity contribution in [1.29, 1.82) is 0 Å². The smallest absolute Gasteiger partial charge is 0.354 e. The Morgan fingerprint density at radius 1 is 1.00 bits per heavy atom. The summed E-state index contributed by atoms with van der Waals surface area (Å²) < 4.78 is 0. The Hall–Kier alpha value is -3.41. The number of phenols is 1. The van der Waals surface area contributed by atoms with Crippen LogP contribution < -0.4 is 0 Å². The SMILES string of the molecule is O=C(O)c1ccc2ccccc2n1.ON=Cc1ccccc1O. The molecule has 23 heavy (non-hydrogen) atoms. The zero-order valence-corrected chi connectivity index (χ0v) is 12.0. The lowest BCUT2D eigenvalue weighted by Gasteiger charge is -1.97. The number of fused-ring (bicyclic) bond motifs is 1. The fourth-order valence-electron chi connectivity index (χ4n) is 1.84. The second-order valence-electron chi connectivity index (χ2n) is 4.50. The molecule has 3 aromatic rings. The van der Waals surface area contributed by atoms with Crippen LogP contribution in [0.1, 0.15) is 16.1 Å². The van der Waals surface area contributed by atoms with Crippen LogP contribution in [0.5, 0.6) is 5.75 Å². The van der Waals surface area contributed by atoms with Gasteiger partial charge in [-0.15, -0.1) is 0 Å². The Balaban J connectivity index is 0.000000174. The molecule has 3 N–H and O–H groups in total. The van der Waals surface area contributed by atoms with Crippen LogP contribution in [0.2, 0.25) is 0 Å². The Bertz CT molecular complexity index is 847. The molecule has 1 aromatic heterocycles. The van der Waals surface area contributed by atoms with Crippen LogP contribution in [-0.2, 0) is 0 Å². The monoisotopic (exact) mass is 310 g/mol. The van der Waals surface area contributed by atoms with E-state index in [-0.39, 0.29) is 11.4 Å². The molecule has 116 valence electrons. The van der Waals surface area contributed by atoms with Crippen molar-refractivity contribution in [3.05, 3.63) is 71.9 Å². The Kier molecular flexibility index (Phi) is 5.25. The highest BCUT2D eigenvalue weighted by Crippen LogP contribution is 2.12. The summed E-state index contributed by atoms with van der Waals surface area (Å²) in [5, 5.41) is 29.6. The molecule has 3 rings (SSSR count). The van der Waals surface area contributed by atoms with Gasteiger partial charge in [0.15, 0.2) is 0 Å². The molecule has 0 aliphatic carbocycles. The molecule has 0 amide bonds. The molecule has 0 saturated heterocycles. The molecule has 0 aliphatic heterocycles. The first-order valence-electron chi connectivity index (χ1n) is 6.66. The van der Waals surface area contributed by atoms with E-state index in [1.54, 1.807) is 30.3 Å². The number of oxime groups is 1. The topological polar surface area (TPSA) is 103 Å². The molecular formula is C17H14N2O4. The maximum absolute atomic E-state index is 10.6. The number of pyridine rings is 1. The summed E-state index contributed by atoms with van der Waals surface area (Å²) >= 11 is 0. The largest absolute Gasteiger partial charge is 0.507 e. The second-order valence-corrected chi connectivity index (χ2v) is 4.50. The van der Waals surface area contributed by atoms with E-state index < -0.39 is 5.97 Å². The Labute approximate surface area is 132 Å². The van der Waals surface area contributed by atoms with Crippen molar-refractivity contribution >= 4 is 23.1 Å². The number of hydrogen-bond donors (Lipinski definition) is 3. The number of nitrogens with zero attached hydrogens (tertiary/aromatic N) is 2. The number of carboxylic acid groups (broad SMARTS) is 1. The summed E-state index contributed by atoms with van der Waals surface area (Å²) in [5.41, 5.74) is 1.30. The summed E-state index contributed by atoms with van der Waals surface area (Å²) in [5.74, 6) is -0.883. The van der Waals surface area contributed by atoms with E-state index in [2.05, 4.69) is 10.1 Å². The summed E-state index contributed by atoms with van der Waals surface area (Å²) in [6.45, 7) is 0. The van der Waals surface area contributed by atoms with Crippen molar-refractivity contribution in [3.63, 3.8) is 0 Å². The highest BCUT2D eigenvalue weighted by atomic mass is 16.4. The summed E-state index contributed by atoms with van der Waals surface area (Å²) in [4.78, 5) is 14.6. The van der Waals surface area contributed by atoms with Gasteiger partial charge in [0.2, 0.25) is 0 Å². The Morgan fingerprint density at radius 2 is 1.70 bits per heavy atom. The third-order valence-corrected chi connectivity index (χ3v) is 2.95. The van der Waals surface area contributed by atoms with Gasteiger partial charge in [-0.1, -0.05) is 41.6 Å². The number of carboxylic acids is 1. The minimum Gasteiger partial charge on any atom is -0.507 e. The molecule has 0 unspecified atom stereocenters. The lowest BCUT2D eigenvalue weighted by atomic mass is 10.2. The maximum Gasteiger partial charge on any atom is 0.354 e. The fourth-order valence-corrected chi connectivity index (χ4v) is 1.84. The predicted molar refractivity (Wildman–Crippen MR) is 86.2 cm³/mol. The first kappa shape index (κ1) is 16.0. The molecule has 0 atom stereocenters. The quantitative estimate of drug-likeness (QED) is 0.383. The molecular weight excluding hydrogens is 296 g/mol. The van der Waals surface area contributed by atoms with E-state index in [0.29, 0.717) is 11.1 Å². The predicted octanol–water partition coefficient (Wildman–Crippen LogP) is 3.13. The lowest BCUT2D eigenvalue weighted by Crippen LogP contribution is -1.99. The summed E-state index contributed by atoms with van der Waals surface area (Å²) in [6, 6.07) is 17.3. The molecule has 1 heterocycles. The standard InChI is InChI=1S/C10H7NO2.C7H7NO2/c12-10(13)9-6-5-7-3-1-2-4-8(7)11-9;9-7-4-2-1-3-6(7)5-8-10/h1-6H,(H,12,13);1-5,9-10H. The van der Waals surface area contributed by atoms with E-state index in [9.17, 15) is 4.79 Å². The maximum atomic E-state index is 10.6. The first-order valence-corrected chi connectivity index (χ1v) is 6.66. The van der Waals surface area contributed by atoms with Crippen molar-refractivity contribution in [2.45, 2.75) is 0 Å². The van der Waals surface area contributed by atoms with Gasteiger partial charge < -0.3 is 15.4 Å². The number of rotatable bonds is 2. The zero-order chi connectivity index (χ0) is 16.7. The minimum atomic E-state index is -0.995. The highest BCUT2D eigenvalue weighted by Gasteiger charge is 2.03. The van der Waals surface area contributed by atoms with Crippen molar-refractivity contribution in [2.24, 2.45) is 5.16 Å². The molecule has 0 saturated carbocycles. The minimum absolute atomic E-state index is 0.0821. The van der Waals surface area contributed by atoms with Gasteiger partial charge in [0.1, 0.15) is 11.4 Å². The van der Waals surface area contributed by atoms with Crippen molar-refractivity contribution in [1.82, 2.24) is 4.98 Å². The van der Waals surface area contributed by atoms with Crippen molar-refractivity contribution in [3.8, 4) is 5.75 Å². The van der Waals surface area contributed by atoms with E-state index in [1.807, 2.05) is 18.2 Å². The number of aromatic carboxylic acids is 1. The van der Waals surface area contributed by atoms with Gasteiger partial charge in [-0.25, -0.2) is 9.78 Å². The molecule has 2 aromatic carbocycles. The van der Waals surface area contributed by atoms with Gasteiger partial charge in [-0.05, 0) is 24.3 Å². The Morgan fingerprint density at radius 3 is 2.39 bits per heavy atom. The summed E-state index contributed by atoms with van der Waals surface area (Å²) in [7, 11) is 0. The second kappa shape index (κ2) is 7.56. The number of hydrogen-bond acceptors (Lipinski definition) is 5. The molecule has 0 spiro atoms. The third-order valence-electron chi connectivity index (χ3n) is 2.95. The molecule has 0 fully saturated rings. The molecule has 0 bridgehead atoms. The van der Waals surface area contributed by atoms with Gasteiger partial charge in [-0.2, -0.15) is 0 Å². The van der Waals surface area contributed by atoms with Crippen molar-refractivity contribution < 1.29 is 20.2 Å². The first-order chi connectivity index (χ1) is 11.1. The van der Waals surface area contributed by atoms with Crippen molar-refractivity contribution in [2.75, 3.05) is 0 Å². The number of carbonyl (C=O) groups is 1. The molecule has 0 aliphatic rings. The number of benzene rings is 2. The zero-order valence-electron chi connectivity index (χ0n) is 12.0. The van der Waals surface area contributed by atoms with Crippen LogP contribution in [0.4, 0.5) is 0 Å². The average Bonchev–Trinajstić information content (AvgIpc) is 2.57. The van der Waals surface area contributed by atoms with Crippen LogP contribution in [-0.4, -0.2) is 32.6 Å². The van der Waals surface area contributed by atoms with Gasteiger partial charge in [0.25, 0.3) is 0 Å². The van der Waals surface area contributed by atoms with Crippen LogP contribution in [0.15, 0.2) is 65.8 Å². The molecule has 6 heteroatoms. The van der Waals surface area contributed by atoms with Gasteiger partial charge in [0.05, 0.1) is 11.7 Å². The fraction of sp³-hybridized carbons (Fsp3) is 0. The van der Waals surface area contributed by atoms with E-state index in [4.69, 9.17) is 15.4 Å². The summed E-state index contributed by atoms with van der Waals surface area (Å²) in [6.07, 6.45) is 1.18. The molecule has 0 radical (unpaired) electrons. The van der Waals surface area contributed by atoms with E-state index in [1.165, 1.54) is 18.3 Å². The van der Waals surface area contributed by atoms with Gasteiger partial charge in [-0.3, -0.25) is 0 Å². The normalized spacial score (nSPS) is 10.3. The number of para-hydroxylation sites is 2. The number of phenolic OH excluding ortho intramolecular Hbond substituents is 1. The number of aromatic nitrogens is 1. The average molecular weight is 310 g/mol.